The molecular weight excluding hydrogens is 174 g/mol. The van der Waals surface area contributed by atoms with Crippen LogP contribution in [0.5, 0.6) is 0 Å². The van der Waals surface area contributed by atoms with E-state index in [1.54, 1.807) is 0 Å². The van der Waals surface area contributed by atoms with E-state index in [9.17, 15) is 0 Å². The molecule has 0 radical (unpaired) electrons. The lowest BCUT2D eigenvalue weighted by Gasteiger charge is -2.20. The van der Waals surface area contributed by atoms with E-state index < -0.39 is 0 Å². The minimum absolute atomic E-state index is 0.560. The molecule has 0 aliphatic heterocycles. The monoisotopic (exact) mass is 191 g/mol. The van der Waals surface area contributed by atoms with E-state index in [1.165, 1.54) is 32.1 Å². The van der Waals surface area contributed by atoms with Crippen molar-refractivity contribution in [3.8, 4) is 0 Å². The maximum absolute atomic E-state index is 5.64. The van der Waals surface area contributed by atoms with Gasteiger partial charge in [-0.15, -0.1) is 5.10 Å². The molecule has 14 heavy (non-hydrogen) atoms. The minimum atomic E-state index is 0.560. The average Bonchev–Trinajstić information content (AvgIpc) is 2.23. The summed E-state index contributed by atoms with van der Waals surface area (Å²) in [7, 11) is 0. The molecule has 76 valence electrons. The molecule has 1 aliphatic carbocycles. The number of aromatic nitrogens is 2. The minimum Gasteiger partial charge on any atom is -0.382 e. The van der Waals surface area contributed by atoms with Crippen LogP contribution < -0.4 is 5.73 Å². The Kier molecular flexibility index (Phi) is 2.66. The Morgan fingerprint density at radius 3 is 2.57 bits per heavy atom. The van der Waals surface area contributed by atoms with Gasteiger partial charge in [0, 0.05) is 5.92 Å². The van der Waals surface area contributed by atoms with E-state index in [2.05, 4.69) is 16.3 Å². The predicted octanol–water partition coefficient (Wildman–Crippen LogP) is 2.41. The molecule has 1 aromatic rings. The fourth-order valence-electron chi connectivity index (χ4n) is 2.11. The second-order valence-corrected chi connectivity index (χ2v) is 4.17. The first-order chi connectivity index (χ1) is 6.77. The van der Waals surface area contributed by atoms with Crippen molar-refractivity contribution < 1.29 is 0 Å². The predicted molar refractivity (Wildman–Crippen MR) is 57.0 cm³/mol. The number of nitrogens with two attached hydrogens (primary N) is 1. The highest BCUT2D eigenvalue weighted by Gasteiger charge is 2.17. The van der Waals surface area contributed by atoms with E-state index >= 15 is 0 Å². The van der Waals surface area contributed by atoms with Gasteiger partial charge in [-0.1, -0.05) is 19.3 Å². The maximum atomic E-state index is 5.64. The first-order valence-electron chi connectivity index (χ1n) is 5.37. The zero-order valence-corrected chi connectivity index (χ0v) is 8.66. The molecule has 0 saturated heterocycles. The number of rotatable bonds is 1. The van der Waals surface area contributed by atoms with Gasteiger partial charge < -0.3 is 5.73 Å². The molecule has 1 aromatic heterocycles. The van der Waals surface area contributed by atoms with Crippen LogP contribution >= 0.6 is 0 Å². The highest BCUT2D eigenvalue weighted by atomic mass is 15.1. The number of aryl methyl sites for hydroxylation is 1. The number of nitrogens with zero attached hydrogens (tertiary/aromatic N) is 2. The van der Waals surface area contributed by atoms with Crippen molar-refractivity contribution in [1.82, 2.24) is 10.2 Å². The van der Waals surface area contributed by atoms with Gasteiger partial charge in [0.15, 0.2) is 0 Å². The van der Waals surface area contributed by atoms with Crippen LogP contribution in [-0.2, 0) is 0 Å². The molecule has 1 saturated carbocycles. The Hall–Kier alpha value is -1.12. The zero-order valence-electron chi connectivity index (χ0n) is 8.66. The van der Waals surface area contributed by atoms with Gasteiger partial charge in [0.25, 0.3) is 0 Å². The van der Waals surface area contributed by atoms with Crippen LogP contribution in [0.1, 0.15) is 49.3 Å². The topological polar surface area (TPSA) is 51.8 Å². The molecule has 1 aliphatic rings. The van der Waals surface area contributed by atoms with Crippen molar-refractivity contribution in [2.45, 2.75) is 44.9 Å². The Labute approximate surface area is 84.7 Å². The summed E-state index contributed by atoms with van der Waals surface area (Å²) in [6.07, 6.45) is 6.56. The van der Waals surface area contributed by atoms with Crippen LogP contribution in [0.2, 0.25) is 0 Å². The molecule has 0 atom stereocenters. The van der Waals surface area contributed by atoms with E-state index in [1.807, 2.05) is 6.92 Å². The van der Waals surface area contributed by atoms with Gasteiger partial charge in [-0.2, -0.15) is 5.10 Å². The zero-order chi connectivity index (χ0) is 9.97. The van der Waals surface area contributed by atoms with Crippen LogP contribution in [0.3, 0.4) is 0 Å². The van der Waals surface area contributed by atoms with Gasteiger partial charge in [0.05, 0.1) is 5.69 Å². The molecule has 0 amide bonds. The van der Waals surface area contributed by atoms with Gasteiger partial charge in [0.1, 0.15) is 5.82 Å². The summed E-state index contributed by atoms with van der Waals surface area (Å²) < 4.78 is 0. The summed E-state index contributed by atoms with van der Waals surface area (Å²) >= 11 is 0. The second-order valence-electron chi connectivity index (χ2n) is 4.17. The molecule has 0 unspecified atom stereocenters. The van der Waals surface area contributed by atoms with Crippen molar-refractivity contribution >= 4 is 5.82 Å². The number of hydrogen-bond donors (Lipinski definition) is 1. The van der Waals surface area contributed by atoms with Gasteiger partial charge in [-0.05, 0) is 31.4 Å². The highest BCUT2D eigenvalue weighted by Crippen LogP contribution is 2.31. The summed E-state index contributed by atoms with van der Waals surface area (Å²) in [5.74, 6) is 1.18. The molecule has 2 rings (SSSR count). The lowest BCUT2D eigenvalue weighted by Crippen LogP contribution is -2.09. The average molecular weight is 191 g/mol. The SMILES string of the molecule is Cc1cc(C2CCCCC2)nnc1N. The Balaban J connectivity index is 2.18. The van der Waals surface area contributed by atoms with Crippen molar-refractivity contribution in [3.05, 3.63) is 17.3 Å². The van der Waals surface area contributed by atoms with Gasteiger partial charge in [-0.3, -0.25) is 0 Å². The Bertz CT molecular complexity index is 316. The van der Waals surface area contributed by atoms with Crippen molar-refractivity contribution in [1.29, 1.82) is 0 Å². The standard InChI is InChI=1S/C11H17N3/c1-8-7-10(13-14-11(8)12)9-5-3-2-4-6-9/h7,9H,2-6H2,1H3,(H2,12,14). The van der Waals surface area contributed by atoms with E-state index in [-0.39, 0.29) is 0 Å². The summed E-state index contributed by atoms with van der Waals surface area (Å²) in [6, 6.07) is 2.10. The van der Waals surface area contributed by atoms with Crippen LogP contribution in [0.15, 0.2) is 6.07 Å². The van der Waals surface area contributed by atoms with Gasteiger partial charge in [-0.25, -0.2) is 0 Å². The van der Waals surface area contributed by atoms with E-state index in [0.29, 0.717) is 11.7 Å². The van der Waals surface area contributed by atoms with Crippen molar-refractivity contribution in [2.75, 3.05) is 5.73 Å². The molecule has 3 heteroatoms. The normalized spacial score (nSPS) is 18.4. The first kappa shape index (κ1) is 9.44. The summed E-state index contributed by atoms with van der Waals surface area (Å²) in [5.41, 5.74) is 7.84. The van der Waals surface area contributed by atoms with E-state index in [0.717, 1.165) is 11.3 Å². The lowest BCUT2D eigenvalue weighted by molar-refractivity contribution is 0.434. The Morgan fingerprint density at radius 1 is 1.21 bits per heavy atom. The number of hydrogen-bond acceptors (Lipinski definition) is 3. The quantitative estimate of drug-likeness (QED) is 0.741. The third-order valence-electron chi connectivity index (χ3n) is 3.07. The van der Waals surface area contributed by atoms with Gasteiger partial charge in [0.2, 0.25) is 0 Å². The Morgan fingerprint density at radius 2 is 1.93 bits per heavy atom. The van der Waals surface area contributed by atoms with Crippen molar-refractivity contribution in [2.24, 2.45) is 0 Å². The summed E-state index contributed by atoms with van der Waals surface area (Å²) in [4.78, 5) is 0. The summed E-state index contributed by atoms with van der Waals surface area (Å²) in [5, 5.41) is 8.17. The molecule has 0 bridgehead atoms. The molecule has 2 N–H and O–H groups in total. The van der Waals surface area contributed by atoms with E-state index in [4.69, 9.17) is 5.73 Å². The molecule has 1 fully saturated rings. The lowest BCUT2D eigenvalue weighted by atomic mass is 9.86. The van der Waals surface area contributed by atoms with Crippen LogP contribution in [0.25, 0.3) is 0 Å². The van der Waals surface area contributed by atoms with Gasteiger partial charge >= 0.3 is 0 Å². The number of anilines is 1. The van der Waals surface area contributed by atoms with Crippen molar-refractivity contribution in [3.63, 3.8) is 0 Å². The highest BCUT2D eigenvalue weighted by molar-refractivity contribution is 5.37. The fourth-order valence-corrected chi connectivity index (χ4v) is 2.11. The van der Waals surface area contributed by atoms with Crippen LogP contribution in [0.4, 0.5) is 5.82 Å². The number of nitrogen functional groups attached to an aromatic ring is 1. The third-order valence-corrected chi connectivity index (χ3v) is 3.07. The maximum Gasteiger partial charge on any atom is 0.149 e. The molecule has 3 nitrogen and oxygen atoms in total. The molecule has 1 heterocycles. The van der Waals surface area contributed by atoms with Crippen LogP contribution in [0, 0.1) is 6.92 Å². The fraction of sp³-hybridized carbons (Fsp3) is 0.636. The smallest absolute Gasteiger partial charge is 0.149 e. The van der Waals surface area contributed by atoms with Crippen LogP contribution in [-0.4, -0.2) is 10.2 Å². The third kappa shape index (κ3) is 1.86. The largest absolute Gasteiger partial charge is 0.382 e. The summed E-state index contributed by atoms with van der Waals surface area (Å²) in [6.45, 7) is 2.00. The first-order valence-corrected chi connectivity index (χ1v) is 5.37. The second kappa shape index (κ2) is 3.95. The molecular formula is C11H17N3. The molecule has 0 spiro atoms. The molecule has 0 aromatic carbocycles.